The number of nitroso groups, excluding NO2 is 1. The lowest BCUT2D eigenvalue weighted by molar-refractivity contribution is 0.0738. The van der Waals surface area contributed by atoms with E-state index in [1.54, 1.807) is 5.01 Å². The summed E-state index contributed by atoms with van der Waals surface area (Å²) in [6.07, 6.45) is 2.82. The van der Waals surface area contributed by atoms with Crippen LogP contribution in [0.15, 0.2) is 35.6 Å². The van der Waals surface area contributed by atoms with Gasteiger partial charge in [-0.25, -0.2) is 5.01 Å². The smallest absolute Gasteiger partial charge is 0.0996 e. The molecule has 3 heterocycles. The molecule has 0 bridgehead atoms. The first-order chi connectivity index (χ1) is 10.3. The van der Waals surface area contributed by atoms with Crippen molar-refractivity contribution in [3.8, 4) is 0 Å². The molecule has 1 fully saturated rings. The Hall–Kier alpha value is -1.92. The maximum absolute atomic E-state index is 11.3. The highest BCUT2D eigenvalue weighted by Gasteiger charge is 2.40. The predicted octanol–water partition coefficient (Wildman–Crippen LogP) is 1.23. The Morgan fingerprint density at radius 1 is 1.38 bits per heavy atom. The Morgan fingerprint density at radius 3 is 2.95 bits per heavy atom. The van der Waals surface area contributed by atoms with E-state index in [4.69, 9.17) is 5.84 Å². The zero-order valence-corrected chi connectivity index (χ0v) is 11.8. The minimum Gasteiger partial charge on any atom is -0.372 e. The molecular formula is C15H19N5O. The van der Waals surface area contributed by atoms with Crippen LogP contribution in [0, 0.1) is 10.8 Å². The summed E-state index contributed by atoms with van der Waals surface area (Å²) in [6, 6.07) is 8.51. The average molecular weight is 285 g/mol. The molecule has 3 aliphatic rings. The topological polar surface area (TPSA) is 74.0 Å². The van der Waals surface area contributed by atoms with Crippen LogP contribution in [0.4, 0.5) is 0 Å². The number of nitrogens with one attached hydrogen (secondary N) is 1. The van der Waals surface area contributed by atoms with Gasteiger partial charge >= 0.3 is 0 Å². The summed E-state index contributed by atoms with van der Waals surface area (Å²) in [5.41, 5.74) is 3.81. The van der Waals surface area contributed by atoms with E-state index in [9.17, 15) is 4.91 Å². The first kappa shape index (κ1) is 12.8. The lowest BCUT2D eigenvalue weighted by Gasteiger charge is -2.39. The van der Waals surface area contributed by atoms with Crippen molar-refractivity contribution < 1.29 is 0 Å². The van der Waals surface area contributed by atoms with E-state index in [1.165, 1.54) is 16.8 Å². The zero-order valence-electron chi connectivity index (χ0n) is 11.8. The minimum atomic E-state index is -0.164. The van der Waals surface area contributed by atoms with E-state index in [-0.39, 0.29) is 12.1 Å². The highest BCUT2D eigenvalue weighted by molar-refractivity contribution is 5.73. The molecule has 21 heavy (non-hydrogen) atoms. The van der Waals surface area contributed by atoms with Gasteiger partial charge in [-0.1, -0.05) is 29.4 Å². The quantitative estimate of drug-likeness (QED) is 0.643. The van der Waals surface area contributed by atoms with Crippen LogP contribution in [0.25, 0.3) is 5.70 Å². The summed E-state index contributed by atoms with van der Waals surface area (Å²) in [5, 5.41) is 8.42. The second-order valence-electron chi connectivity index (χ2n) is 6.09. The standard InChI is InChI=1S/C15H19N5O/c16-19-7-10(8-19)13(18-21)5-14-11-3-1-2-4-12(11)15-6-17-9-20(14)15/h1-4,6,10,13-14,17H,5,7-9,16H2. The van der Waals surface area contributed by atoms with Crippen molar-refractivity contribution in [2.45, 2.75) is 18.5 Å². The molecule has 0 aromatic heterocycles. The molecule has 1 aromatic rings. The molecule has 2 unspecified atom stereocenters. The Labute approximate surface area is 123 Å². The summed E-state index contributed by atoms with van der Waals surface area (Å²) in [7, 11) is 0. The van der Waals surface area contributed by atoms with Crippen LogP contribution in [0.1, 0.15) is 23.6 Å². The van der Waals surface area contributed by atoms with E-state index >= 15 is 0 Å². The molecule has 6 heteroatoms. The summed E-state index contributed by atoms with van der Waals surface area (Å²) >= 11 is 0. The highest BCUT2D eigenvalue weighted by atomic mass is 16.3. The molecule has 4 rings (SSSR count). The summed E-state index contributed by atoms with van der Waals surface area (Å²) in [5.74, 6) is 5.99. The fraction of sp³-hybridized carbons (Fsp3) is 0.467. The van der Waals surface area contributed by atoms with Crippen LogP contribution >= 0.6 is 0 Å². The molecule has 1 aromatic carbocycles. The molecule has 1 saturated heterocycles. The molecule has 0 aliphatic carbocycles. The fourth-order valence-corrected chi connectivity index (χ4v) is 3.70. The highest BCUT2D eigenvalue weighted by Crippen LogP contribution is 2.45. The molecule has 2 atom stereocenters. The number of benzene rings is 1. The first-order valence-corrected chi connectivity index (χ1v) is 7.39. The molecule has 110 valence electrons. The number of nitrogens with two attached hydrogens (primary N) is 1. The summed E-state index contributed by atoms with van der Waals surface area (Å²) < 4.78 is 0. The van der Waals surface area contributed by atoms with Gasteiger partial charge in [0.05, 0.1) is 24.4 Å². The van der Waals surface area contributed by atoms with E-state index in [1.807, 2.05) is 0 Å². The third-order valence-corrected chi connectivity index (χ3v) is 4.86. The van der Waals surface area contributed by atoms with E-state index in [0.29, 0.717) is 5.92 Å². The molecular weight excluding hydrogens is 266 g/mol. The van der Waals surface area contributed by atoms with Crippen LogP contribution in [0.2, 0.25) is 0 Å². The maximum Gasteiger partial charge on any atom is 0.0996 e. The van der Waals surface area contributed by atoms with Crippen LogP contribution in [-0.4, -0.2) is 35.7 Å². The number of hydrogen-bond acceptors (Lipinski definition) is 6. The van der Waals surface area contributed by atoms with E-state index in [2.05, 4.69) is 45.9 Å². The monoisotopic (exact) mass is 285 g/mol. The van der Waals surface area contributed by atoms with Gasteiger partial charge in [0.15, 0.2) is 0 Å². The number of fused-ring (bicyclic) bond motifs is 3. The van der Waals surface area contributed by atoms with Gasteiger partial charge in [-0.05, 0) is 12.0 Å². The summed E-state index contributed by atoms with van der Waals surface area (Å²) in [4.78, 5) is 13.6. The molecule has 0 radical (unpaired) electrons. The van der Waals surface area contributed by atoms with Gasteiger partial charge in [0.2, 0.25) is 0 Å². The third-order valence-electron chi connectivity index (χ3n) is 4.86. The molecule has 0 spiro atoms. The Kier molecular flexibility index (Phi) is 2.94. The van der Waals surface area contributed by atoms with Crippen molar-refractivity contribution in [3.63, 3.8) is 0 Å². The van der Waals surface area contributed by atoms with Crippen molar-refractivity contribution >= 4 is 5.70 Å². The van der Waals surface area contributed by atoms with Gasteiger partial charge < -0.3 is 10.2 Å². The number of hydrogen-bond donors (Lipinski definition) is 2. The fourth-order valence-electron chi connectivity index (χ4n) is 3.70. The Bertz CT molecular complexity index is 595. The van der Waals surface area contributed by atoms with Crippen molar-refractivity contribution in [1.82, 2.24) is 15.2 Å². The van der Waals surface area contributed by atoms with Gasteiger partial charge in [0.1, 0.15) is 0 Å². The van der Waals surface area contributed by atoms with Crippen LogP contribution < -0.4 is 11.2 Å². The molecule has 0 saturated carbocycles. The first-order valence-electron chi connectivity index (χ1n) is 7.39. The van der Waals surface area contributed by atoms with E-state index in [0.717, 1.165) is 26.2 Å². The lowest BCUT2D eigenvalue weighted by atomic mass is 9.87. The normalized spacial score (nSPS) is 25.7. The Morgan fingerprint density at radius 2 is 2.19 bits per heavy atom. The van der Waals surface area contributed by atoms with Gasteiger partial charge in [0, 0.05) is 30.8 Å². The third kappa shape index (κ3) is 1.94. The average Bonchev–Trinajstić information content (AvgIpc) is 3.04. The minimum absolute atomic E-state index is 0.164. The zero-order chi connectivity index (χ0) is 14.4. The van der Waals surface area contributed by atoms with Crippen LogP contribution in [-0.2, 0) is 0 Å². The van der Waals surface area contributed by atoms with Gasteiger partial charge in [-0.3, -0.25) is 5.84 Å². The van der Waals surface area contributed by atoms with Crippen LogP contribution in [0.5, 0.6) is 0 Å². The van der Waals surface area contributed by atoms with Crippen LogP contribution in [0.3, 0.4) is 0 Å². The van der Waals surface area contributed by atoms with Crippen molar-refractivity contribution in [2.75, 3.05) is 19.8 Å². The van der Waals surface area contributed by atoms with Crippen molar-refractivity contribution in [2.24, 2.45) is 16.9 Å². The van der Waals surface area contributed by atoms with Gasteiger partial charge in [0.25, 0.3) is 0 Å². The Balaban J connectivity index is 1.60. The second-order valence-corrected chi connectivity index (χ2v) is 6.09. The number of rotatable bonds is 4. The lowest BCUT2D eigenvalue weighted by Crippen LogP contribution is -2.55. The molecule has 3 aliphatic heterocycles. The number of hydrazine groups is 1. The van der Waals surface area contributed by atoms with Crippen molar-refractivity contribution in [3.05, 3.63) is 46.5 Å². The van der Waals surface area contributed by atoms with Crippen molar-refractivity contribution in [1.29, 1.82) is 0 Å². The second kappa shape index (κ2) is 4.82. The van der Waals surface area contributed by atoms with Gasteiger partial charge in [-0.2, -0.15) is 4.91 Å². The predicted molar refractivity (Wildman–Crippen MR) is 80.5 cm³/mol. The molecule has 0 amide bonds. The van der Waals surface area contributed by atoms with Gasteiger partial charge in [-0.15, -0.1) is 0 Å². The number of nitrogens with zero attached hydrogens (tertiary/aromatic N) is 3. The SMILES string of the molecule is NN1CC(C(CC2c3ccccc3C3=CNCN32)N=O)C1. The maximum atomic E-state index is 11.3. The largest absolute Gasteiger partial charge is 0.372 e. The molecule has 6 nitrogen and oxygen atoms in total. The molecule has 3 N–H and O–H groups in total. The summed E-state index contributed by atoms with van der Waals surface area (Å²) in [6.45, 7) is 2.34. The van der Waals surface area contributed by atoms with E-state index < -0.39 is 0 Å².